The molecule has 0 radical (unpaired) electrons. The first kappa shape index (κ1) is 21.6. The van der Waals surface area contributed by atoms with Gasteiger partial charge in [0.05, 0.1) is 10.6 Å². The van der Waals surface area contributed by atoms with Crippen molar-refractivity contribution in [3.8, 4) is 0 Å². The van der Waals surface area contributed by atoms with Crippen LogP contribution in [0.3, 0.4) is 0 Å². The lowest BCUT2D eigenvalue weighted by atomic mass is 10.1. The van der Waals surface area contributed by atoms with Gasteiger partial charge < -0.3 is 14.6 Å². The summed E-state index contributed by atoms with van der Waals surface area (Å²) in [4.78, 5) is 23.9. The zero-order valence-electron chi connectivity index (χ0n) is 16.2. The SMILES string of the molecule is Cc1noc(C)c1CCC(=O)OCC(=O)Nc1cccc(S(=O)(=O)N(C)C)c1. The molecule has 1 heterocycles. The van der Waals surface area contributed by atoms with Crippen molar-refractivity contribution in [2.45, 2.75) is 31.6 Å². The molecule has 1 N–H and O–H groups in total. The van der Waals surface area contributed by atoms with Crippen LogP contribution in [0.25, 0.3) is 0 Å². The Morgan fingerprint density at radius 2 is 1.96 bits per heavy atom. The number of rotatable bonds is 8. The van der Waals surface area contributed by atoms with Gasteiger partial charge in [-0.05, 0) is 38.5 Å². The molecule has 0 atom stereocenters. The Morgan fingerprint density at radius 1 is 1.25 bits per heavy atom. The lowest BCUT2D eigenvalue weighted by Gasteiger charge is -2.12. The number of carbonyl (C=O) groups is 2. The number of hydrogen-bond acceptors (Lipinski definition) is 7. The summed E-state index contributed by atoms with van der Waals surface area (Å²) in [6.45, 7) is 3.08. The number of amides is 1. The second kappa shape index (κ2) is 8.98. The van der Waals surface area contributed by atoms with Crippen molar-refractivity contribution in [1.82, 2.24) is 9.46 Å². The average molecular weight is 409 g/mol. The van der Waals surface area contributed by atoms with E-state index in [1.165, 1.54) is 32.3 Å². The summed E-state index contributed by atoms with van der Waals surface area (Å²) < 4.78 is 35.3. The van der Waals surface area contributed by atoms with E-state index in [-0.39, 0.29) is 11.3 Å². The minimum absolute atomic E-state index is 0.0479. The van der Waals surface area contributed by atoms with Crippen LogP contribution in [0.2, 0.25) is 0 Å². The van der Waals surface area contributed by atoms with E-state index >= 15 is 0 Å². The van der Waals surface area contributed by atoms with Crippen LogP contribution in [0.1, 0.15) is 23.4 Å². The third-order valence-corrected chi connectivity index (χ3v) is 5.83. The third-order valence-electron chi connectivity index (χ3n) is 4.02. The molecule has 28 heavy (non-hydrogen) atoms. The Kier molecular flexibility index (Phi) is 6.92. The molecule has 152 valence electrons. The molecule has 0 aliphatic rings. The number of nitrogens with zero attached hydrogens (tertiary/aromatic N) is 2. The van der Waals surface area contributed by atoms with E-state index in [0.29, 0.717) is 17.9 Å². The van der Waals surface area contributed by atoms with Gasteiger partial charge in [-0.1, -0.05) is 11.2 Å². The van der Waals surface area contributed by atoms with Crippen LogP contribution < -0.4 is 5.32 Å². The van der Waals surface area contributed by atoms with Crippen molar-refractivity contribution < 1.29 is 27.3 Å². The zero-order valence-corrected chi connectivity index (χ0v) is 17.0. The fraction of sp³-hybridized carbons (Fsp3) is 0.389. The smallest absolute Gasteiger partial charge is 0.306 e. The lowest BCUT2D eigenvalue weighted by molar-refractivity contribution is -0.147. The number of esters is 1. The van der Waals surface area contributed by atoms with Gasteiger partial charge in [-0.15, -0.1) is 0 Å². The quantitative estimate of drug-likeness (QED) is 0.659. The van der Waals surface area contributed by atoms with E-state index in [1.54, 1.807) is 19.9 Å². The lowest BCUT2D eigenvalue weighted by Crippen LogP contribution is -2.23. The Bertz CT molecular complexity index is 946. The summed E-state index contributed by atoms with van der Waals surface area (Å²) in [5, 5.41) is 6.33. The highest BCUT2D eigenvalue weighted by Gasteiger charge is 2.18. The fourth-order valence-corrected chi connectivity index (χ4v) is 3.39. The largest absolute Gasteiger partial charge is 0.456 e. The molecule has 0 unspecified atom stereocenters. The highest BCUT2D eigenvalue weighted by Crippen LogP contribution is 2.18. The van der Waals surface area contributed by atoms with Gasteiger partial charge in [-0.2, -0.15) is 0 Å². The van der Waals surface area contributed by atoms with Crippen LogP contribution in [0.4, 0.5) is 5.69 Å². The number of carbonyl (C=O) groups excluding carboxylic acids is 2. The second-order valence-electron chi connectivity index (χ2n) is 6.33. The topological polar surface area (TPSA) is 119 Å². The van der Waals surface area contributed by atoms with E-state index in [1.807, 2.05) is 0 Å². The molecular weight excluding hydrogens is 386 g/mol. The van der Waals surface area contributed by atoms with E-state index in [0.717, 1.165) is 15.6 Å². The molecule has 2 rings (SSSR count). The van der Waals surface area contributed by atoms with Gasteiger partial charge >= 0.3 is 5.97 Å². The van der Waals surface area contributed by atoms with Crippen molar-refractivity contribution in [3.63, 3.8) is 0 Å². The molecule has 1 aromatic carbocycles. The summed E-state index contributed by atoms with van der Waals surface area (Å²) >= 11 is 0. The first-order valence-corrected chi connectivity index (χ1v) is 9.95. The molecule has 0 saturated carbocycles. The van der Waals surface area contributed by atoms with Crippen LogP contribution in [0.5, 0.6) is 0 Å². The average Bonchev–Trinajstić information content (AvgIpc) is 2.96. The van der Waals surface area contributed by atoms with Gasteiger partial charge in [0.15, 0.2) is 6.61 Å². The summed E-state index contributed by atoms with van der Waals surface area (Å²) in [5.74, 6) is -0.445. The molecule has 10 heteroatoms. The van der Waals surface area contributed by atoms with E-state index in [4.69, 9.17) is 9.26 Å². The summed E-state index contributed by atoms with van der Waals surface area (Å²) in [5.41, 5.74) is 1.86. The van der Waals surface area contributed by atoms with Crippen molar-refractivity contribution in [3.05, 3.63) is 41.3 Å². The maximum Gasteiger partial charge on any atom is 0.306 e. The van der Waals surface area contributed by atoms with Crippen LogP contribution >= 0.6 is 0 Å². The summed E-state index contributed by atoms with van der Waals surface area (Å²) in [7, 11) is -0.774. The monoisotopic (exact) mass is 409 g/mol. The molecular formula is C18H23N3O6S. The molecule has 0 aliphatic heterocycles. The highest BCUT2D eigenvalue weighted by atomic mass is 32.2. The van der Waals surface area contributed by atoms with E-state index in [2.05, 4.69) is 10.5 Å². The molecule has 0 fully saturated rings. The van der Waals surface area contributed by atoms with Crippen LogP contribution in [0, 0.1) is 13.8 Å². The molecule has 2 aromatic rings. The molecule has 1 aromatic heterocycles. The van der Waals surface area contributed by atoms with E-state index < -0.39 is 28.5 Å². The number of aryl methyl sites for hydroxylation is 2. The number of anilines is 1. The van der Waals surface area contributed by atoms with E-state index in [9.17, 15) is 18.0 Å². The predicted octanol–water partition coefficient (Wildman–Crippen LogP) is 1.66. The fourth-order valence-electron chi connectivity index (χ4n) is 2.45. The van der Waals surface area contributed by atoms with Crippen LogP contribution in [-0.4, -0.2) is 50.5 Å². The van der Waals surface area contributed by atoms with Gasteiger partial charge in [-0.25, -0.2) is 12.7 Å². The van der Waals surface area contributed by atoms with Crippen molar-refractivity contribution in [2.24, 2.45) is 0 Å². The Morgan fingerprint density at radius 3 is 2.57 bits per heavy atom. The second-order valence-corrected chi connectivity index (χ2v) is 8.48. The number of aromatic nitrogens is 1. The molecule has 0 bridgehead atoms. The maximum atomic E-state index is 12.1. The number of sulfonamides is 1. The molecule has 0 spiro atoms. The van der Waals surface area contributed by atoms with Gasteiger partial charge in [0, 0.05) is 31.8 Å². The van der Waals surface area contributed by atoms with Crippen LogP contribution in [0.15, 0.2) is 33.7 Å². The van der Waals surface area contributed by atoms with Gasteiger partial charge in [0.25, 0.3) is 5.91 Å². The van der Waals surface area contributed by atoms with Gasteiger partial charge in [0.1, 0.15) is 5.76 Å². The standard InChI is InChI=1S/C18H23N3O6S/c1-12-16(13(2)27-20-12)8-9-18(23)26-11-17(22)19-14-6-5-7-15(10-14)28(24,25)21(3)4/h5-7,10H,8-9,11H2,1-4H3,(H,19,22). The maximum absolute atomic E-state index is 12.1. The van der Waals surface area contributed by atoms with Gasteiger partial charge in [0.2, 0.25) is 10.0 Å². The number of ether oxygens (including phenoxy) is 1. The van der Waals surface area contributed by atoms with Crippen molar-refractivity contribution in [1.29, 1.82) is 0 Å². The number of nitrogens with one attached hydrogen (secondary N) is 1. The number of benzene rings is 1. The minimum Gasteiger partial charge on any atom is -0.456 e. The van der Waals surface area contributed by atoms with Crippen LogP contribution in [-0.2, 0) is 30.8 Å². The van der Waals surface area contributed by atoms with Crippen molar-refractivity contribution in [2.75, 3.05) is 26.0 Å². The molecule has 9 nitrogen and oxygen atoms in total. The molecule has 0 saturated heterocycles. The van der Waals surface area contributed by atoms with Crippen molar-refractivity contribution >= 4 is 27.6 Å². The first-order valence-electron chi connectivity index (χ1n) is 8.51. The number of hydrogen-bond donors (Lipinski definition) is 1. The highest BCUT2D eigenvalue weighted by molar-refractivity contribution is 7.89. The minimum atomic E-state index is -3.61. The predicted molar refractivity (Wildman–Crippen MR) is 101 cm³/mol. The third kappa shape index (κ3) is 5.40. The summed E-state index contributed by atoms with van der Waals surface area (Å²) in [6.07, 6.45) is 0.499. The normalized spacial score (nSPS) is 11.5. The zero-order chi connectivity index (χ0) is 20.9. The Hall–Kier alpha value is -2.72. The molecule has 1 amide bonds. The Labute approximate surface area is 163 Å². The summed E-state index contributed by atoms with van der Waals surface area (Å²) in [6, 6.07) is 5.83. The molecule has 0 aliphatic carbocycles. The Balaban J connectivity index is 1.86. The first-order chi connectivity index (χ1) is 13.1. The van der Waals surface area contributed by atoms with Gasteiger partial charge in [-0.3, -0.25) is 9.59 Å².